The van der Waals surface area contributed by atoms with Crippen LogP contribution in [0, 0.1) is 52.3 Å². The minimum Gasteiger partial charge on any atom is -0.390 e. The first-order valence-corrected chi connectivity index (χ1v) is 13.4. The van der Waals surface area contributed by atoms with E-state index < -0.39 is 12.2 Å². The van der Waals surface area contributed by atoms with E-state index in [1.165, 1.54) is 38.5 Å². The Labute approximate surface area is 188 Å². The summed E-state index contributed by atoms with van der Waals surface area (Å²) < 4.78 is 13.3. The van der Waals surface area contributed by atoms with E-state index in [2.05, 4.69) is 27.7 Å². The first kappa shape index (κ1) is 21.4. The van der Waals surface area contributed by atoms with E-state index in [9.17, 15) is 10.2 Å². The van der Waals surface area contributed by atoms with Crippen molar-refractivity contribution in [2.45, 2.75) is 110 Å². The average molecular weight is 433 g/mol. The molecule has 0 aromatic heterocycles. The minimum atomic E-state index is -0.537. The van der Waals surface area contributed by atoms with E-state index in [4.69, 9.17) is 9.47 Å². The number of rotatable bonds is 0. The van der Waals surface area contributed by atoms with Gasteiger partial charge in [0.1, 0.15) is 0 Å². The molecule has 6 rings (SSSR count). The van der Waals surface area contributed by atoms with Gasteiger partial charge in [-0.2, -0.15) is 0 Å². The lowest BCUT2D eigenvalue weighted by atomic mass is 9.44. The summed E-state index contributed by atoms with van der Waals surface area (Å²) in [5, 5.41) is 20.9. The van der Waals surface area contributed by atoms with Crippen LogP contribution in [-0.4, -0.2) is 40.9 Å². The fourth-order valence-electron chi connectivity index (χ4n) is 10.3. The van der Waals surface area contributed by atoms with E-state index in [-0.39, 0.29) is 11.2 Å². The molecular weight excluding hydrogens is 388 g/mol. The van der Waals surface area contributed by atoms with Gasteiger partial charge in [-0.05, 0) is 97.7 Å². The molecule has 6 aliphatic rings. The number of aliphatic hydroxyl groups is 2. The summed E-state index contributed by atoms with van der Waals surface area (Å²) in [5.41, 5.74) is 0.550. The molecule has 0 aromatic rings. The van der Waals surface area contributed by atoms with Gasteiger partial charge < -0.3 is 19.7 Å². The highest BCUT2D eigenvalue weighted by molar-refractivity contribution is 5.15. The summed E-state index contributed by atoms with van der Waals surface area (Å²) in [6, 6.07) is 0. The third-order valence-corrected chi connectivity index (χ3v) is 12.0. The third kappa shape index (κ3) is 2.80. The Morgan fingerprint density at radius 2 is 1.65 bits per heavy atom. The van der Waals surface area contributed by atoms with Crippen molar-refractivity contribution in [1.29, 1.82) is 0 Å². The number of ether oxygens (including phenoxy) is 2. The minimum absolute atomic E-state index is 0.191. The summed E-state index contributed by atoms with van der Waals surface area (Å²) >= 11 is 0. The second kappa shape index (κ2) is 6.93. The first-order chi connectivity index (χ1) is 14.7. The standard InChI is InChI=1S/C27H44O4/c1-15-7-10-27(30-14-15)16(2)24-23(31-27)12-20-18-6-5-17-11-21(28)22(29)13-26(17,4)19(18)8-9-25(20,24)3/h15-24,28-29H,5-14H2,1-4H3/t15-,16-,17-,18+,19-,20-,21+,22+,23-,24-,25-,26-,27+/m0/s1. The largest absolute Gasteiger partial charge is 0.390 e. The lowest BCUT2D eigenvalue weighted by Crippen LogP contribution is -2.57. The Bertz CT molecular complexity index is 716. The Kier molecular flexibility index (Phi) is 4.78. The molecule has 4 saturated carbocycles. The van der Waals surface area contributed by atoms with Gasteiger partial charge in [0.2, 0.25) is 0 Å². The van der Waals surface area contributed by atoms with Gasteiger partial charge >= 0.3 is 0 Å². The molecule has 4 nitrogen and oxygen atoms in total. The number of hydrogen-bond donors (Lipinski definition) is 2. The van der Waals surface area contributed by atoms with Crippen LogP contribution in [0.1, 0.15) is 85.5 Å². The zero-order valence-electron chi connectivity index (χ0n) is 20.1. The van der Waals surface area contributed by atoms with Gasteiger partial charge in [-0.1, -0.05) is 27.7 Å². The lowest BCUT2D eigenvalue weighted by molar-refractivity contribution is -0.273. The number of hydrogen-bond acceptors (Lipinski definition) is 4. The summed E-state index contributed by atoms with van der Waals surface area (Å²) in [6.07, 6.45) is 9.51. The third-order valence-electron chi connectivity index (χ3n) is 12.0. The van der Waals surface area contributed by atoms with Crippen LogP contribution >= 0.6 is 0 Å². The van der Waals surface area contributed by atoms with Crippen molar-refractivity contribution in [1.82, 2.24) is 0 Å². The Morgan fingerprint density at radius 3 is 2.39 bits per heavy atom. The molecule has 31 heavy (non-hydrogen) atoms. The zero-order chi connectivity index (χ0) is 21.8. The van der Waals surface area contributed by atoms with Gasteiger partial charge in [-0.3, -0.25) is 0 Å². The first-order valence-electron chi connectivity index (χ1n) is 13.4. The van der Waals surface area contributed by atoms with Gasteiger partial charge in [-0.25, -0.2) is 0 Å². The zero-order valence-corrected chi connectivity index (χ0v) is 20.1. The number of fused-ring (bicyclic) bond motifs is 7. The van der Waals surface area contributed by atoms with Crippen molar-refractivity contribution in [3.8, 4) is 0 Å². The van der Waals surface area contributed by atoms with Crippen LogP contribution in [0.15, 0.2) is 0 Å². The molecule has 2 saturated heterocycles. The molecule has 2 N–H and O–H groups in total. The molecule has 2 aliphatic heterocycles. The highest BCUT2D eigenvalue weighted by Gasteiger charge is 2.69. The Hall–Kier alpha value is -0.160. The van der Waals surface area contributed by atoms with Gasteiger partial charge in [-0.15, -0.1) is 0 Å². The summed E-state index contributed by atoms with van der Waals surface area (Å²) in [6.45, 7) is 10.6. The maximum absolute atomic E-state index is 10.6. The van der Waals surface area contributed by atoms with Gasteiger partial charge in [0.05, 0.1) is 24.9 Å². The van der Waals surface area contributed by atoms with Crippen molar-refractivity contribution in [3.05, 3.63) is 0 Å². The van der Waals surface area contributed by atoms with Crippen LogP contribution in [-0.2, 0) is 9.47 Å². The SMILES string of the molecule is C[C@H]1CC[C@@]2(OC1)O[C@H]1C[C@H]3[C@@H]4CC[C@H]5C[C@@H](O)[C@H](O)C[C@]5(C)[C@H]4CC[C@]3(C)[C@H]1[C@@H]2C. The molecule has 0 radical (unpaired) electrons. The van der Waals surface area contributed by atoms with Crippen LogP contribution in [0.3, 0.4) is 0 Å². The van der Waals surface area contributed by atoms with Crippen molar-refractivity contribution in [2.24, 2.45) is 52.3 Å². The van der Waals surface area contributed by atoms with Crippen molar-refractivity contribution < 1.29 is 19.7 Å². The van der Waals surface area contributed by atoms with Crippen molar-refractivity contribution >= 4 is 0 Å². The fourth-order valence-corrected chi connectivity index (χ4v) is 10.3. The molecule has 0 bridgehead atoms. The molecule has 13 atom stereocenters. The summed E-state index contributed by atoms with van der Waals surface area (Å²) in [7, 11) is 0. The smallest absolute Gasteiger partial charge is 0.171 e. The van der Waals surface area contributed by atoms with E-state index >= 15 is 0 Å². The van der Waals surface area contributed by atoms with Crippen LogP contribution in [0.2, 0.25) is 0 Å². The van der Waals surface area contributed by atoms with E-state index in [0.717, 1.165) is 37.7 Å². The predicted octanol–water partition coefficient (Wildman–Crippen LogP) is 4.76. The number of aliphatic hydroxyl groups excluding tert-OH is 2. The van der Waals surface area contributed by atoms with Crippen molar-refractivity contribution in [2.75, 3.05) is 6.61 Å². The van der Waals surface area contributed by atoms with E-state index in [1.807, 2.05) is 0 Å². The summed E-state index contributed by atoms with van der Waals surface area (Å²) in [5.74, 6) is 4.21. The van der Waals surface area contributed by atoms with E-state index in [0.29, 0.717) is 41.1 Å². The van der Waals surface area contributed by atoms with Crippen LogP contribution in [0.4, 0.5) is 0 Å². The second-order valence-corrected chi connectivity index (χ2v) is 13.2. The quantitative estimate of drug-likeness (QED) is 0.579. The normalized spacial score (nSPS) is 63.3. The lowest BCUT2D eigenvalue weighted by Gasteiger charge is -2.61. The molecule has 6 fully saturated rings. The Morgan fingerprint density at radius 1 is 0.839 bits per heavy atom. The molecule has 1 spiro atoms. The average Bonchev–Trinajstić information content (AvgIpc) is 3.16. The monoisotopic (exact) mass is 432 g/mol. The van der Waals surface area contributed by atoms with Crippen molar-refractivity contribution in [3.63, 3.8) is 0 Å². The molecule has 0 aromatic carbocycles. The molecule has 4 aliphatic carbocycles. The highest BCUT2D eigenvalue weighted by Crippen LogP contribution is 2.71. The van der Waals surface area contributed by atoms with E-state index in [1.54, 1.807) is 0 Å². The van der Waals surface area contributed by atoms with Crippen LogP contribution < -0.4 is 0 Å². The Balaban J connectivity index is 1.26. The summed E-state index contributed by atoms with van der Waals surface area (Å²) in [4.78, 5) is 0. The van der Waals surface area contributed by atoms with Gasteiger partial charge in [0.25, 0.3) is 0 Å². The second-order valence-electron chi connectivity index (χ2n) is 13.2. The van der Waals surface area contributed by atoms with Gasteiger partial charge in [0.15, 0.2) is 5.79 Å². The molecule has 0 unspecified atom stereocenters. The highest BCUT2D eigenvalue weighted by atomic mass is 16.7. The molecule has 2 heterocycles. The maximum atomic E-state index is 10.6. The van der Waals surface area contributed by atoms with Crippen LogP contribution in [0.5, 0.6) is 0 Å². The van der Waals surface area contributed by atoms with Crippen LogP contribution in [0.25, 0.3) is 0 Å². The molecule has 4 heteroatoms. The molecular formula is C27H44O4. The molecule has 176 valence electrons. The molecule has 0 amide bonds. The maximum Gasteiger partial charge on any atom is 0.171 e. The topological polar surface area (TPSA) is 58.9 Å². The van der Waals surface area contributed by atoms with Gasteiger partial charge in [0, 0.05) is 12.3 Å². The predicted molar refractivity (Wildman–Crippen MR) is 119 cm³/mol. The fraction of sp³-hybridized carbons (Fsp3) is 1.00.